The molecule has 7 heteroatoms. The number of halogens is 1. The van der Waals surface area contributed by atoms with Gasteiger partial charge in [0.1, 0.15) is 17.7 Å². The van der Waals surface area contributed by atoms with Gasteiger partial charge in [0.25, 0.3) is 0 Å². The zero-order valence-corrected chi connectivity index (χ0v) is 13.8. The summed E-state index contributed by atoms with van der Waals surface area (Å²) in [5, 5.41) is 1.44. The van der Waals surface area contributed by atoms with Gasteiger partial charge in [-0.1, -0.05) is 0 Å². The van der Waals surface area contributed by atoms with Crippen LogP contribution in [0.25, 0.3) is 0 Å². The Labute approximate surface area is 134 Å². The van der Waals surface area contributed by atoms with Gasteiger partial charge < -0.3 is 4.74 Å². The predicted molar refractivity (Wildman–Crippen MR) is 84.2 cm³/mol. The van der Waals surface area contributed by atoms with Crippen molar-refractivity contribution < 1.29 is 13.9 Å². The van der Waals surface area contributed by atoms with Gasteiger partial charge in [-0.25, -0.2) is 23.9 Å². The SMILES string of the molecule is CCN(C(=O)OC(C)(C)C)n1cnc(Cc2ccc(F)cn2)c1. The number of hydrogen-bond acceptors (Lipinski definition) is 4. The lowest BCUT2D eigenvalue weighted by molar-refractivity contribution is 0.0541. The molecule has 0 N–H and O–H groups in total. The predicted octanol–water partition coefficient (Wildman–Crippen LogP) is 2.90. The van der Waals surface area contributed by atoms with Crippen molar-refractivity contribution in [1.29, 1.82) is 0 Å². The third kappa shape index (κ3) is 4.77. The largest absolute Gasteiger partial charge is 0.442 e. The first-order valence-electron chi connectivity index (χ1n) is 7.42. The molecule has 23 heavy (non-hydrogen) atoms. The molecule has 2 aromatic heterocycles. The first kappa shape index (κ1) is 16.9. The fourth-order valence-corrected chi connectivity index (χ4v) is 1.97. The summed E-state index contributed by atoms with van der Waals surface area (Å²) in [6, 6.07) is 2.97. The highest BCUT2D eigenvalue weighted by Gasteiger charge is 2.22. The van der Waals surface area contributed by atoms with Crippen LogP contribution in [-0.4, -0.2) is 32.9 Å². The van der Waals surface area contributed by atoms with E-state index in [2.05, 4.69) is 9.97 Å². The molecular weight excluding hydrogens is 299 g/mol. The smallest absolute Gasteiger partial charge is 0.429 e. The molecule has 0 saturated heterocycles. The standard InChI is InChI=1S/C16H21FN4O2/c1-5-21(15(22)23-16(2,3)4)20-10-14(19-11-20)8-13-7-6-12(17)9-18-13/h6-7,9-11H,5,8H2,1-4H3. The molecule has 0 saturated carbocycles. The second kappa shape index (κ2) is 6.76. The van der Waals surface area contributed by atoms with E-state index in [9.17, 15) is 9.18 Å². The number of carbonyl (C=O) groups is 1. The lowest BCUT2D eigenvalue weighted by Crippen LogP contribution is -2.43. The average Bonchev–Trinajstić information content (AvgIpc) is 2.88. The van der Waals surface area contributed by atoms with Gasteiger partial charge in [-0.3, -0.25) is 4.98 Å². The summed E-state index contributed by atoms with van der Waals surface area (Å²) >= 11 is 0. The molecule has 0 atom stereocenters. The lowest BCUT2D eigenvalue weighted by Gasteiger charge is -2.26. The molecule has 0 unspecified atom stereocenters. The van der Waals surface area contributed by atoms with Crippen molar-refractivity contribution in [1.82, 2.24) is 14.6 Å². The summed E-state index contributed by atoms with van der Waals surface area (Å²) in [6.45, 7) is 7.75. The molecule has 2 rings (SSSR count). The number of carbonyl (C=O) groups excluding carboxylic acids is 1. The van der Waals surface area contributed by atoms with Crippen LogP contribution in [-0.2, 0) is 11.2 Å². The minimum Gasteiger partial charge on any atom is -0.442 e. The Morgan fingerprint density at radius 2 is 2.04 bits per heavy atom. The van der Waals surface area contributed by atoms with Gasteiger partial charge in [0.05, 0.1) is 18.1 Å². The molecule has 0 aliphatic carbocycles. The van der Waals surface area contributed by atoms with Crippen LogP contribution in [0.4, 0.5) is 9.18 Å². The molecule has 2 aromatic rings. The first-order valence-corrected chi connectivity index (χ1v) is 7.42. The van der Waals surface area contributed by atoms with Gasteiger partial charge in [0.2, 0.25) is 0 Å². The topological polar surface area (TPSA) is 60.2 Å². The number of aromatic nitrogens is 3. The van der Waals surface area contributed by atoms with Crippen LogP contribution in [0.2, 0.25) is 0 Å². The highest BCUT2D eigenvalue weighted by Crippen LogP contribution is 2.11. The maximum Gasteiger partial charge on any atom is 0.429 e. The van der Waals surface area contributed by atoms with E-state index in [0.717, 1.165) is 5.69 Å². The van der Waals surface area contributed by atoms with Crippen molar-refractivity contribution in [2.45, 2.75) is 39.7 Å². The summed E-state index contributed by atoms with van der Waals surface area (Å²) < 4.78 is 19.8. The molecular formula is C16H21FN4O2. The number of nitrogens with zero attached hydrogens (tertiary/aromatic N) is 4. The maximum absolute atomic E-state index is 12.9. The van der Waals surface area contributed by atoms with Crippen LogP contribution in [0.3, 0.4) is 0 Å². The van der Waals surface area contributed by atoms with E-state index in [1.54, 1.807) is 23.3 Å². The number of amides is 1. The quantitative estimate of drug-likeness (QED) is 0.869. The van der Waals surface area contributed by atoms with Gasteiger partial charge in [-0.2, -0.15) is 0 Å². The van der Waals surface area contributed by atoms with Crippen molar-refractivity contribution in [3.05, 3.63) is 48.1 Å². The lowest BCUT2D eigenvalue weighted by atomic mass is 10.2. The van der Waals surface area contributed by atoms with Crippen LogP contribution in [0, 0.1) is 5.82 Å². The van der Waals surface area contributed by atoms with E-state index < -0.39 is 11.7 Å². The highest BCUT2D eigenvalue weighted by atomic mass is 19.1. The van der Waals surface area contributed by atoms with Gasteiger partial charge in [-0.05, 0) is 39.8 Å². The fourth-order valence-electron chi connectivity index (χ4n) is 1.97. The van der Waals surface area contributed by atoms with E-state index in [-0.39, 0.29) is 5.82 Å². The van der Waals surface area contributed by atoms with E-state index in [4.69, 9.17) is 4.74 Å². The van der Waals surface area contributed by atoms with Crippen LogP contribution >= 0.6 is 0 Å². The van der Waals surface area contributed by atoms with Gasteiger partial charge in [-0.15, -0.1) is 0 Å². The van der Waals surface area contributed by atoms with Crippen molar-refractivity contribution in [3.63, 3.8) is 0 Å². The molecule has 0 bridgehead atoms. The minimum absolute atomic E-state index is 0.374. The Kier molecular flexibility index (Phi) is 4.98. The van der Waals surface area contributed by atoms with Crippen molar-refractivity contribution in [2.24, 2.45) is 0 Å². The molecule has 0 fully saturated rings. The molecule has 0 aliphatic heterocycles. The van der Waals surface area contributed by atoms with E-state index in [0.29, 0.717) is 18.7 Å². The number of pyridine rings is 1. The summed E-state index contributed by atoms with van der Waals surface area (Å²) in [4.78, 5) is 20.5. The van der Waals surface area contributed by atoms with Crippen LogP contribution < -0.4 is 5.01 Å². The van der Waals surface area contributed by atoms with Gasteiger partial charge in [0, 0.05) is 18.7 Å². The molecule has 0 spiro atoms. The molecule has 0 aromatic carbocycles. The average molecular weight is 320 g/mol. The molecule has 0 radical (unpaired) electrons. The van der Waals surface area contributed by atoms with Gasteiger partial charge in [0.15, 0.2) is 0 Å². The Morgan fingerprint density at radius 1 is 1.30 bits per heavy atom. The number of ether oxygens (including phenoxy) is 1. The van der Waals surface area contributed by atoms with Crippen LogP contribution in [0.5, 0.6) is 0 Å². The van der Waals surface area contributed by atoms with Crippen LogP contribution in [0.1, 0.15) is 39.1 Å². The summed E-state index contributed by atoms with van der Waals surface area (Å²) in [6.07, 6.45) is 4.47. The van der Waals surface area contributed by atoms with Crippen molar-refractivity contribution in [3.8, 4) is 0 Å². The summed E-state index contributed by atoms with van der Waals surface area (Å²) in [5.74, 6) is -0.374. The Bertz CT molecular complexity index is 661. The Hall–Kier alpha value is -2.44. The summed E-state index contributed by atoms with van der Waals surface area (Å²) in [7, 11) is 0. The van der Waals surface area contributed by atoms with E-state index in [1.165, 1.54) is 17.3 Å². The molecule has 2 heterocycles. The monoisotopic (exact) mass is 320 g/mol. The maximum atomic E-state index is 12.9. The Morgan fingerprint density at radius 3 is 2.61 bits per heavy atom. The zero-order valence-electron chi connectivity index (χ0n) is 13.8. The molecule has 0 aliphatic rings. The second-order valence-electron chi connectivity index (χ2n) is 6.09. The van der Waals surface area contributed by atoms with E-state index >= 15 is 0 Å². The third-order valence-corrected chi connectivity index (χ3v) is 2.96. The highest BCUT2D eigenvalue weighted by molar-refractivity contribution is 5.78. The van der Waals surface area contributed by atoms with Gasteiger partial charge >= 0.3 is 6.09 Å². The first-order chi connectivity index (χ1) is 10.8. The third-order valence-electron chi connectivity index (χ3n) is 2.96. The Balaban J connectivity index is 2.10. The fraction of sp³-hybridized carbons (Fsp3) is 0.438. The normalized spacial score (nSPS) is 11.3. The van der Waals surface area contributed by atoms with E-state index in [1.807, 2.05) is 27.7 Å². The number of rotatable bonds is 4. The number of imidazole rings is 1. The zero-order chi connectivity index (χ0) is 17.0. The number of hydrogen-bond donors (Lipinski definition) is 0. The van der Waals surface area contributed by atoms with Crippen molar-refractivity contribution in [2.75, 3.05) is 11.6 Å². The molecule has 124 valence electrons. The summed E-state index contributed by atoms with van der Waals surface area (Å²) in [5.41, 5.74) is 0.870. The van der Waals surface area contributed by atoms with Crippen LogP contribution in [0.15, 0.2) is 30.9 Å². The molecule has 1 amide bonds. The molecule has 6 nitrogen and oxygen atoms in total. The minimum atomic E-state index is -0.564. The second-order valence-corrected chi connectivity index (χ2v) is 6.09. The van der Waals surface area contributed by atoms with Crippen molar-refractivity contribution >= 4 is 6.09 Å².